The predicted octanol–water partition coefficient (Wildman–Crippen LogP) is 3.69. The van der Waals surface area contributed by atoms with Crippen LogP contribution in [-0.4, -0.2) is 12.3 Å². The van der Waals surface area contributed by atoms with E-state index in [1.54, 1.807) is 0 Å². The second kappa shape index (κ2) is 7.44. The van der Waals surface area contributed by atoms with Crippen LogP contribution in [0.25, 0.3) is 0 Å². The number of benzene rings is 1. The maximum absolute atomic E-state index is 12.5. The number of Topliss-reactive ketones (excluding diaryl/α,β-unsaturated/α-hetero) is 1. The molecule has 106 valence electrons. The molecule has 1 unspecified atom stereocenters. The zero-order valence-electron chi connectivity index (χ0n) is 12.6. The van der Waals surface area contributed by atoms with Crippen molar-refractivity contribution in [2.45, 2.75) is 40.5 Å². The summed E-state index contributed by atoms with van der Waals surface area (Å²) in [5.41, 5.74) is 7.81. The van der Waals surface area contributed by atoms with Gasteiger partial charge in [0, 0.05) is 18.0 Å². The lowest BCUT2D eigenvalue weighted by molar-refractivity contribution is 0.0908. The average Bonchev–Trinajstić information content (AvgIpc) is 2.34. The molecule has 0 radical (unpaired) electrons. The van der Waals surface area contributed by atoms with Crippen LogP contribution in [0.4, 0.5) is 0 Å². The Morgan fingerprint density at radius 2 is 1.84 bits per heavy atom. The van der Waals surface area contributed by atoms with Crippen molar-refractivity contribution < 1.29 is 4.79 Å². The molecule has 1 aromatic rings. The summed E-state index contributed by atoms with van der Waals surface area (Å²) in [7, 11) is 0. The van der Waals surface area contributed by atoms with Crippen molar-refractivity contribution in [2.75, 3.05) is 6.54 Å². The molecule has 1 atom stereocenters. The Bertz CT molecular complexity index is 409. The van der Waals surface area contributed by atoms with Crippen molar-refractivity contribution in [2.24, 2.45) is 23.5 Å². The third-order valence-electron chi connectivity index (χ3n) is 3.27. The summed E-state index contributed by atoms with van der Waals surface area (Å²) in [6.07, 6.45) is 1.88. The highest BCUT2D eigenvalue weighted by Gasteiger charge is 2.19. The third-order valence-corrected chi connectivity index (χ3v) is 3.27. The smallest absolute Gasteiger partial charge is 0.167 e. The van der Waals surface area contributed by atoms with Crippen LogP contribution >= 0.6 is 0 Å². The third kappa shape index (κ3) is 5.15. The summed E-state index contributed by atoms with van der Waals surface area (Å²) < 4.78 is 0. The summed E-state index contributed by atoms with van der Waals surface area (Å²) in [5.74, 6) is 1.25. The lowest BCUT2D eigenvalue weighted by Gasteiger charge is -2.16. The minimum atomic E-state index is -0.0469. The van der Waals surface area contributed by atoms with Gasteiger partial charge in [0.05, 0.1) is 0 Å². The molecule has 0 spiro atoms. The van der Waals surface area contributed by atoms with Crippen LogP contribution < -0.4 is 5.73 Å². The van der Waals surface area contributed by atoms with E-state index in [2.05, 4.69) is 33.8 Å². The zero-order valence-corrected chi connectivity index (χ0v) is 12.6. The van der Waals surface area contributed by atoms with Gasteiger partial charge in [-0.15, -0.1) is 0 Å². The first-order chi connectivity index (χ1) is 8.93. The van der Waals surface area contributed by atoms with Crippen LogP contribution in [0.15, 0.2) is 24.3 Å². The Balaban J connectivity index is 2.85. The van der Waals surface area contributed by atoms with Gasteiger partial charge < -0.3 is 5.73 Å². The second-order valence-electron chi connectivity index (χ2n) is 6.22. The molecule has 0 saturated heterocycles. The summed E-state index contributed by atoms with van der Waals surface area (Å²) in [5, 5.41) is 0. The topological polar surface area (TPSA) is 43.1 Å². The average molecular weight is 261 g/mol. The first-order valence-corrected chi connectivity index (χ1v) is 7.27. The lowest BCUT2D eigenvalue weighted by Crippen LogP contribution is -2.25. The van der Waals surface area contributed by atoms with Crippen LogP contribution in [0.3, 0.4) is 0 Å². The van der Waals surface area contributed by atoms with Gasteiger partial charge in [-0.1, -0.05) is 45.9 Å². The molecular formula is C17H27NO. The minimum Gasteiger partial charge on any atom is -0.330 e. The fourth-order valence-corrected chi connectivity index (χ4v) is 2.44. The van der Waals surface area contributed by atoms with Gasteiger partial charge in [-0.25, -0.2) is 0 Å². The van der Waals surface area contributed by atoms with Crippen LogP contribution in [0, 0.1) is 17.8 Å². The van der Waals surface area contributed by atoms with Crippen LogP contribution in [0.5, 0.6) is 0 Å². The molecule has 2 heteroatoms. The van der Waals surface area contributed by atoms with Crippen molar-refractivity contribution in [3.8, 4) is 0 Å². The number of hydrogen-bond donors (Lipinski definition) is 1. The van der Waals surface area contributed by atoms with Crippen molar-refractivity contribution in [3.05, 3.63) is 35.4 Å². The summed E-state index contributed by atoms with van der Waals surface area (Å²) in [4.78, 5) is 12.5. The van der Waals surface area contributed by atoms with E-state index >= 15 is 0 Å². The van der Waals surface area contributed by atoms with Gasteiger partial charge in [0.1, 0.15) is 0 Å². The highest BCUT2D eigenvalue weighted by Crippen LogP contribution is 2.18. The van der Waals surface area contributed by atoms with E-state index < -0.39 is 0 Å². The molecule has 0 aliphatic heterocycles. The first-order valence-electron chi connectivity index (χ1n) is 7.27. The molecule has 1 rings (SSSR count). The molecule has 0 heterocycles. The molecule has 0 aliphatic rings. The number of carbonyl (C=O) groups is 1. The molecule has 0 aliphatic carbocycles. The Kier molecular flexibility index (Phi) is 6.23. The fraction of sp³-hybridized carbons (Fsp3) is 0.588. The SMILES string of the molecule is CC(C)Cc1cccc(C(=O)C(CN)CC(C)C)c1. The molecule has 0 saturated carbocycles. The summed E-state index contributed by atoms with van der Waals surface area (Å²) >= 11 is 0. The minimum absolute atomic E-state index is 0.0469. The molecule has 2 nitrogen and oxygen atoms in total. The molecule has 1 aromatic carbocycles. The van der Waals surface area contributed by atoms with E-state index in [1.165, 1.54) is 5.56 Å². The molecule has 19 heavy (non-hydrogen) atoms. The van der Waals surface area contributed by atoms with Gasteiger partial charge in [-0.3, -0.25) is 4.79 Å². The molecule has 0 bridgehead atoms. The van der Waals surface area contributed by atoms with Crippen molar-refractivity contribution in [3.63, 3.8) is 0 Å². The second-order valence-corrected chi connectivity index (χ2v) is 6.22. The number of hydrogen-bond acceptors (Lipinski definition) is 2. The van der Waals surface area contributed by atoms with Crippen LogP contribution in [0.2, 0.25) is 0 Å². The number of nitrogens with two attached hydrogens (primary N) is 1. The van der Waals surface area contributed by atoms with E-state index in [1.807, 2.05) is 18.2 Å². The van der Waals surface area contributed by atoms with Gasteiger partial charge in [0.25, 0.3) is 0 Å². The molecule has 0 fully saturated rings. The molecule has 2 N–H and O–H groups in total. The first kappa shape index (κ1) is 15.9. The van der Waals surface area contributed by atoms with Gasteiger partial charge in [-0.05, 0) is 36.3 Å². The Labute approximate surface area is 117 Å². The monoisotopic (exact) mass is 261 g/mol. The van der Waals surface area contributed by atoms with Gasteiger partial charge in [-0.2, -0.15) is 0 Å². The molecular weight excluding hydrogens is 234 g/mol. The van der Waals surface area contributed by atoms with Crippen molar-refractivity contribution in [1.82, 2.24) is 0 Å². The maximum Gasteiger partial charge on any atom is 0.167 e. The Morgan fingerprint density at radius 3 is 2.37 bits per heavy atom. The highest BCUT2D eigenvalue weighted by molar-refractivity contribution is 5.98. The summed E-state index contributed by atoms with van der Waals surface area (Å²) in [6.45, 7) is 9.08. The van der Waals surface area contributed by atoms with E-state index in [4.69, 9.17) is 5.73 Å². The van der Waals surface area contributed by atoms with E-state index in [9.17, 15) is 4.79 Å². The van der Waals surface area contributed by atoms with Crippen molar-refractivity contribution in [1.29, 1.82) is 0 Å². The highest BCUT2D eigenvalue weighted by atomic mass is 16.1. The Hall–Kier alpha value is -1.15. The van der Waals surface area contributed by atoms with E-state index in [0.717, 1.165) is 18.4 Å². The Morgan fingerprint density at radius 1 is 1.16 bits per heavy atom. The fourth-order valence-electron chi connectivity index (χ4n) is 2.44. The zero-order chi connectivity index (χ0) is 14.4. The number of ketones is 1. The largest absolute Gasteiger partial charge is 0.330 e. The number of carbonyl (C=O) groups excluding carboxylic acids is 1. The van der Waals surface area contributed by atoms with Crippen LogP contribution in [0.1, 0.15) is 50.0 Å². The van der Waals surface area contributed by atoms with E-state index in [-0.39, 0.29) is 11.7 Å². The predicted molar refractivity (Wildman–Crippen MR) is 81.3 cm³/mol. The number of rotatable bonds is 7. The van der Waals surface area contributed by atoms with Gasteiger partial charge in [0.2, 0.25) is 0 Å². The van der Waals surface area contributed by atoms with Crippen molar-refractivity contribution >= 4 is 5.78 Å². The molecule has 0 aromatic heterocycles. The van der Waals surface area contributed by atoms with Crippen LogP contribution in [-0.2, 0) is 6.42 Å². The maximum atomic E-state index is 12.5. The van der Waals surface area contributed by atoms with Gasteiger partial charge in [0.15, 0.2) is 5.78 Å². The lowest BCUT2D eigenvalue weighted by atomic mass is 9.89. The normalized spacial score (nSPS) is 13.0. The van der Waals surface area contributed by atoms with E-state index in [0.29, 0.717) is 18.4 Å². The summed E-state index contributed by atoms with van der Waals surface area (Å²) in [6, 6.07) is 8.02. The molecule has 0 amide bonds. The quantitative estimate of drug-likeness (QED) is 0.761. The van der Waals surface area contributed by atoms with Gasteiger partial charge >= 0.3 is 0 Å². The standard InChI is InChI=1S/C17H27NO/c1-12(2)8-14-6-5-7-15(10-14)17(19)16(11-18)9-13(3)4/h5-7,10,12-13,16H,8-9,11,18H2,1-4H3.